The normalized spacial score (nSPS) is 15.9. The number of nitrogens with two attached hydrogens (primary N) is 1. The molecular formula is C23H23FN6O3. The number of carbonyl (C=O) groups is 2. The minimum absolute atomic E-state index is 0.0368. The second kappa shape index (κ2) is 8.45. The van der Waals surface area contributed by atoms with Crippen molar-refractivity contribution in [3.63, 3.8) is 0 Å². The maximum Gasteiger partial charge on any atom is 0.271 e. The minimum Gasteiger partial charge on any atom is -0.368 e. The summed E-state index contributed by atoms with van der Waals surface area (Å²) < 4.78 is 18.6. The van der Waals surface area contributed by atoms with Crippen LogP contribution in [0.15, 0.2) is 58.2 Å². The summed E-state index contributed by atoms with van der Waals surface area (Å²) in [6.07, 6.45) is 0.0368. The molecule has 1 aliphatic heterocycles. The van der Waals surface area contributed by atoms with Crippen LogP contribution in [0.3, 0.4) is 0 Å². The van der Waals surface area contributed by atoms with Gasteiger partial charge in [-0.3, -0.25) is 14.6 Å². The van der Waals surface area contributed by atoms with E-state index in [-0.39, 0.29) is 17.5 Å². The molecule has 0 saturated carbocycles. The quantitative estimate of drug-likeness (QED) is 0.614. The maximum atomic E-state index is 13.2. The van der Waals surface area contributed by atoms with Crippen molar-refractivity contribution in [2.75, 3.05) is 10.3 Å². The predicted molar refractivity (Wildman–Crippen MR) is 121 cm³/mol. The van der Waals surface area contributed by atoms with E-state index >= 15 is 0 Å². The Kier molecular flexibility index (Phi) is 5.67. The van der Waals surface area contributed by atoms with Gasteiger partial charge in [0.1, 0.15) is 17.6 Å². The summed E-state index contributed by atoms with van der Waals surface area (Å²) >= 11 is 0. The lowest BCUT2D eigenvalue weighted by Gasteiger charge is -2.20. The molecule has 1 aliphatic rings. The minimum atomic E-state index is -0.839. The Hall–Kier alpha value is -4.08. The van der Waals surface area contributed by atoms with Crippen molar-refractivity contribution in [3.05, 3.63) is 60.2 Å². The Labute approximate surface area is 189 Å². The third-order valence-corrected chi connectivity index (χ3v) is 5.06. The van der Waals surface area contributed by atoms with Gasteiger partial charge in [0, 0.05) is 23.1 Å². The molecule has 3 aromatic rings. The Balaban J connectivity index is 1.48. The van der Waals surface area contributed by atoms with Crippen LogP contribution in [0.5, 0.6) is 0 Å². The monoisotopic (exact) mass is 450 g/mol. The Morgan fingerprint density at radius 3 is 2.36 bits per heavy atom. The standard InChI is InChI=1S/C23H23FN6O3/c1-23(2,3)22-27-20(29-33-22)13-4-8-15(9-5-13)26-21(32)17-12-18(19(25)31)30(28-17)16-10-6-14(24)7-11-16/h4-11,18H,12H2,1-3H3,(H2,25,31)(H,26,32). The van der Waals surface area contributed by atoms with Gasteiger partial charge in [0.25, 0.3) is 5.91 Å². The van der Waals surface area contributed by atoms with Gasteiger partial charge in [-0.2, -0.15) is 10.1 Å². The number of benzene rings is 2. The molecule has 2 heterocycles. The van der Waals surface area contributed by atoms with E-state index < -0.39 is 23.7 Å². The van der Waals surface area contributed by atoms with Crippen molar-refractivity contribution in [3.8, 4) is 11.4 Å². The number of aromatic nitrogens is 2. The number of rotatable bonds is 5. The zero-order chi connectivity index (χ0) is 23.8. The molecule has 0 fully saturated rings. The molecule has 0 spiro atoms. The number of carbonyl (C=O) groups excluding carboxylic acids is 2. The molecule has 170 valence electrons. The number of amides is 2. The van der Waals surface area contributed by atoms with Crippen LogP contribution in [0.1, 0.15) is 33.1 Å². The van der Waals surface area contributed by atoms with Crippen LogP contribution in [-0.4, -0.2) is 33.7 Å². The third-order valence-electron chi connectivity index (χ3n) is 5.06. The molecule has 0 saturated heterocycles. The number of hydrogen-bond donors (Lipinski definition) is 2. The number of hydrazone groups is 1. The molecular weight excluding hydrogens is 427 g/mol. The fourth-order valence-electron chi connectivity index (χ4n) is 3.25. The van der Waals surface area contributed by atoms with Crippen LogP contribution in [0.2, 0.25) is 0 Å². The van der Waals surface area contributed by atoms with Gasteiger partial charge in [0.05, 0.1) is 5.69 Å². The molecule has 10 heteroatoms. The summed E-state index contributed by atoms with van der Waals surface area (Å²) in [5.74, 6) is -0.534. The highest BCUT2D eigenvalue weighted by molar-refractivity contribution is 6.44. The molecule has 0 bridgehead atoms. The van der Waals surface area contributed by atoms with Crippen molar-refractivity contribution in [1.29, 1.82) is 0 Å². The Bertz CT molecular complexity index is 1210. The van der Waals surface area contributed by atoms with Gasteiger partial charge in [0.15, 0.2) is 0 Å². The molecule has 2 amide bonds. The van der Waals surface area contributed by atoms with E-state index in [0.29, 0.717) is 23.1 Å². The number of anilines is 2. The van der Waals surface area contributed by atoms with Crippen LogP contribution >= 0.6 is 0 Å². The van der Waals surface area contributed by atoms with E-state index in [1.54, 1.807) is 24.3 Å². The lowest BCUT2D eigenvalue weighted by atomic mass is 9.97. The number of halogens is 1. The van der Waals surface area contributed by atoms with E-state index in [0.717, 1.165) is 5.56 Å². The van der Waals surface area contributed by atoms with Gasteiger partial charge in [-0.1, -0.05) is 25.9 Å². The van der Waals surface area contributed by atoms with Crippen LogP contribution in [-0.2, 0) is 15.0 Å². The van der Waals surface area contributed by atoms with Gasteiger partial charge in [-0.25, -0.2) is 4.39 Å². The number of nitrogens with one attached hydrogen (secondary N) is 1. The van der Waals surface area contributed by atoms with Crippen LogP contribution in [0, 0.1) is 5.82 Å². The molecule has 1 aromatic heterocycles. The maximum absolute atomic E-state index is 13.2. The fourth-order valence-corrected chi connectivity index (χ4v) is 3.25. The van der Waals surface area contributed by atoms with E-state index in [9.17, 15) is 14.0 Å². The Morgan fingerprint density at radius 2 is 1.79 bits per heavy atom. The average molecular weight is 450 g/mol. The fraction of sp³-hybridized carbons (Fsp3) is 0.261. The van der Waals surface area contributed by atoms with Gasteiger partial charge in [-0.15, -0.1) is 0 Å². The molecule has 0 aliphatic carbocycles. The predicted octanol–water partition coefficient (Wildman–Crippen LogP) is 3.23. The van der Waals surface area contributed by atoms with Crippen molar-refractivity contribution in [2.24, 2.45) is 10.8 Å². The SMILES string of the molecule is CC(C)(C)c1nc(-c2ccc(NC(=O)C3=NN(c4ccc(F)cc4)C(C(N)=O)C3)cc2)no1. The first-order valence-electron chi connectivity index (χ1n) is 10.3. The molecule has 9 nitrogen and oxygen atoms in total. The molecule has 1 atom stereocenters. The number of hydrogen-bond acceptors (Lipinski definition) is 7. The van der Waals surface area contributed by atoms with Gasteiger partial charge in [-0.05, 0) is 48.5 Å². The average Bonchev–Trinajstić information content (AvgIpc) is 3.43. The summed E-state index contributed by atoms with van der Waals surface area (Å²) in [6, 6.07) is 11.5. The van der Waals surface area contributed by atoms with Gasteiger partial charge in [0.2, 0.25) is 17.6 Å². The van der Waals surface area contributed by atoms with E-state index in [1.165, 1.54) is 29.3 Å². The van der Waals surface area contributed by atoms with Crippen molar-refractivity contribution in [1.82, 2.24) is 10.1 Å². The molecule has 33 heavy (non-hydrogen) atoms. The van der Waals surface area contributed by atoms with Crippen molar-refractivity contribution in [2.45, 2.75) is 38.6 Å². The zero-order valence-corrected chi connectivity index (χ0v) is 18.4. The summed E-state index contributed by atoms with van der Waals surface area (Å²) in [5, 5.41) is 12.4. The summed E-state index contributed by atoms with van der Waals surface area (Å²) in [5.41, 5.74) is 7.10. The van der Waals surface area contributed by atoms with Gasteiger partial charge >= 0.3 is 0 Å². The topological polar surface area (TPSA) is 127 Å². The number of nitrogens with zero attached hydrogens (tertiary/aromatic N) is 4. The first kappa shape index (κ1) is 22.1. The van der Waals surface area contributed by atoms with Crippen LogP contribution in [0.25, 0.3) is 11.4 Å². The molecule has 4 rings (SSSR count). The van der Waals surface area contributed by atoms with Crippen LogP contribution in [0.4, 0.5) is 15.8 Å². The van der Waals surface area contributed by atoms with Crippen molar-refractivity contribution >= 4 is 28.9 Å². The molecule has 3 N–H and O–H groups in total. The highest BCUT2D eigenvalue weighted by Gasteiger charge is 2.35. The molecule has 1 unspecified atom stereocenters. The second-order valence-corrected chi connectivity index (χ2v) is 8.69. The second-order valence-electron chi connectivity index (χ2n) is 8.69. The zero-order valence-electron chi connectivity index (χ0n) is 18.4. The Morgan fingerprint density at radius 1 is 1.12 bits per heavy atom. The summed E-state index contributed by atoms with van der Waals surface area (Å²) in [6.45, 7) is 5.94. The van der Waals surface area contributed by atoms with Crippen molar-refractivity contribution < 1.29 is 18.5 Å². The molecule has 0 radical (unpaired) electrons. The summed E-state index contributed by atoms with van der Waals surface area (Å²) in [7, 11) is 0. The summed E-state index contributed by atoms with van der Waals surface area (Å²) in [4.78, 5) is 29.1. The number of primary amides is 1. The largest absolute Gasteiger partial charge is 0.368 e. The van der Waals surface area contributed by atoms with Gasteiger partial charge < -0.3 is 15.6 Å². The first-order valence-corrected chi connectivity index (χ1v) is 10.3. The highest BCUT2D eigenvalue weighted by atomic mass is 19.1. The highest BCUT2D eigenvalue weighted by Crippen LogP contribution is 2.27. The smallest absolute Gasteiger partial charge is 0.271 e. The molecule has 2 aromatic carbocycles. The van der Waals surface area contributed by atoms with E-state index in [1.807, 2.05) is 20.8 Å². The lowest BCUT2D eigenvalue weighted by molar-refractivity contribution is -0.119. The first-order chi connectivity index (χ1) is 15.6. The van der Waals surface area contributed by atoms with E-state index in [4.69, 9.17) is 10.3 Å². The lowest BCUT2D eigenvalue weighted by Crippen LogP contribution is -2.39. The van der Waals surface area contributed by atoms with E-state index in [2.05, 4.69) is 20.6 Å². The van der Waals surface area contributed by atoms with Crippen LogP contribution < -0.4 is 16.1 Å². The third kappa shape index (κ3) is 4.74.